The van der Waals surface area contributed by atoms with E-state index in [1.54, 1.807) is 12.4 Å². The molecular weight excluding hydrogens is 402 g/mol. The van der Waals surface area contributed by atoms with Gasteiger partial charge in [-0.15, -0.1) is 0 Å². The monoisotopic (exact) mass is 427 g/mol. The highest BCUT2D eigenvalue weighted by atomic mass is 16.2. The van der Waals surface area contributed by atoms with Crippen molar-refractivity contribution >= 4 is 22.9 Å². The fraction of sp³-hybridized carbons (Fsp3) is 0.333. The molecule has 0 bridgehead atoms. The molecule has 2 fully saturated rings. The molecule has 1 amide bonds. The summed E-state index contributed by atoms with van der Waals surface area (Å²) in [5, 5.41) is 12.0. The van der Waals surface area contributed by atoms with E-state index in [-0.39, 0.29) is 11.9 Å². The van der Waals surface area contributed by atoms with E-state index in [4.69, 9.17) is 4.98 Å². The summed E-state index contributed by atoms with van der Waals surface area (Å²) in [5.74, 6) is 2.03. The van der Waals surface area contributed by atoms with E-state index in [9.17, 15) is 4.79 Å². The number of amides is 1. The van der Waals surface area contributed by atoms with Crippen LogP contribution in [-0.4, -0.2) is 54.5 Å². The Kier molecular flexibility index (Phi) is 4.28. The maximum atomic E-state index is 13.7. The molecular formula is C24H25N7O. The number of hydrogen-bond acceptors (Lipinski definition) is 5. The van der Waals surface area contributed by atoms with Gasteiger partial charge in [0.2, 0.25) is 5.95 Å². The standard InChI is InChI=1S/C24H25N7O/c1-15-7-8-20(31-26-9-10-27-31)18(11-15)23(32)30-14-16-12-17(16)22(30)13-25-24-28-19-5-3-4-6-21(19)29(24)2/h3-11,16-17,22H,12-14H2,1-2H3,(H,25,28). The fourth-order valence-corrected chi connectivity index (χ4v) is 5.06. The van der Waals surface area contributed by atoms with E-state index in [0.29, 0.717) is 29.6 Å². The average molecular weight is 428 g/mol. The van der Waals surface area contributed by atoms with E-state index in [0.717, 1.165) is 29.1 Å². The third-order valence-electron chi connectivity index (χ3n) is 6.84. The topological polar surface area (TPSA) is 80.9 Å². The lowest BCUT2D eigenvalue weighted by Gasteiger charge is -2.28. The largest absolute Gasteiger partial charge is 0.354 e. The lowest BCUT2D eigenvalue weighted by Crippen LogP contribution is -2.43. The third kappa shape index (κ3) is 3.05. The molecule has 32 heavy (non-hydrogen) atoms. The molecule has 2 aromatic carbocycles. The van der Waals surface area contributed by atoms with Gasteiger partial charge in [0.25, 0.3) is 5.91 Å². The van der Waals surface area contributed by atoms with E-state index < -0.39 is 0 Å². The zero-order chi connectivity index (χ0) is 21.8. The number of anilines is 1. The van der Waals surface area contributed by atoms with Gasteiger partial charge < -0.3 is 14.8 Å². The Balaban J connectivity index is 1.27. The van der Waals surface area contributed by atoms with Gasteiger partial charge in [0.05, 0.1) is 40.7 Å². The lowest BCUT2D eigenvalue weighted by atomic mass is 10.1. The Hall–Kier alpha value is -3.68. The van der Waals surface area contributed by atoms with Gasteiger partial charge in [-0.2, -0.15) is 15.0 Å². The Morgan fingerprint density at radius 2 is 1.97 bits per heavy atom. The number of rotatable bonds is 5. The van der Waals surface area contributed by atoms with Gasteiger partial charge in [0.1, 0.15) is 0 Å². The number of likely N-dealkylation sites (tertiary alicyclic amines) is 1. The summed E-state index contributed by atoms with van der Waals surface area (Å²) in [5.41, 5.74) is 4.47. The molecule has 6 rings (SSSR count). The molecule has 3 atom stereocenters. The molecule has 4 aromatic rings. The van der Waals surface area contributed by atoms with Crippen molar-refractivity contribution in [3.8, 4) is 5.69 Å². The Bertz CT molecular complexity index is 1310. The number of para-hydroxylation sites is 2. The molecule has 0 spiro atoms. The number of carbonyl (C=O) groups excluding carboxylic acids is 1. The lowest BCUT2D eigenvalue weighted by molar-refractivity contribution is 0.0715. The van der Waals surface area contributed by atoms with E-state index >= 15 is 0 Å². The van der Waals surface area contributed by atoms with Crippen molar-refractivity contribution in [1.82, 2.24) is 29.4 Å². The van der Waals surface area contributed by atoms with E-state index in [1.807, 2.05) is 55.3 Å². The maximum absolute atomic E-state index is 13.7. The van der Waals surface area contributed by atoms with Crippen LogP contribution >= 0.6 is 0 Å². The first-order chi connectivity index (χ1) is 15.6. The summed E-state index contributed by atoms with van der Waals surface area (Å²) in [6.45, 7) is 3.49. The highest BCUT2D eigenvalue weighted by Gasteiger charge is 2.54. The van der Waals surface area contributed by atoms with Crippen LogP contribution in [0.4, 0.5) is 5.95 Å². The van der Waals surface area contributed by atoms with Crippen molar-refractivity contribution < 1.29 is 4.79 Å². The van der Waals surface area contributed by atoms with E-state index in [2.05, 4.69) is 26.1 Å². The summed E-state index contributed by atoms with van der Waals surface area (Å²) < 4.78 is 2.07. The second-order valence-electron chi connectivity index (χ2n) is 8.89. The molecule has 162 valence electrons. The maximum Gasteiger partial charge on any atom is 0.256 e. The van der Waals surface area contributed by atoms with Gasteiger partial charge in [-0.25, -0.2) is 4.98 Å². The Morgan fingerprint density at radius 3 is 2.78 bits per heavy atom. The summed E-state index contributed by atoms with van der Waals surface area (Å²) in [6.07, 6.45) is 4.45. The molecule has 1 aliphatic heterocycles. The summed E-state index contributed by atoms with van der Waals surface area (Å²) in [7, 11) is 2.02. The molecule has 0 radical (unpaired) electrons. The molecule has 1 saturated carbocycles. The molecule has 3 unspecified atom stereocenters. The van der Waals surface area contributed by atoms with Crippen LogP contribution in [0.25, 0.3) is 16.7 Å². The first kappa shape index (κ1) is 19.0. The van der Waals surface area contributed by atoms with Crippen LogP contribution in [-0.2, 0) is 7.05 Å². The molecule has 2 aromatic heterocycles. The number of fused-ring (bicyclic) bond motifs is 2. The van der Waals surface area contributed by atoms with E-state index in [1.165, 1.54) is 11.2 Å². The minimum Gasteiger partial charge on any atom is -0.354 e. The van der Waals surface area contributed by atoms with Gasteiger partial charge >= 0.3 is 0 Å². The average Bonchev–Trinajstić information content (AvgIpc) is 3.14. The predicted octanol–water partition coefficient (Wildman–Crippen LogP) is 3.04. The highest BCUT2D eigenvalue weighted by Crippen LogP contribution is 2.50. The molecule has 2 aliphatic rings. The Labute approximate surface area is 185 Å². The van der Waals surface area contributed by atoms with Gasteiger partial charge in [-0.1, -0.05) is 23.8 Å². The minimum atomic E-state index is 0.0463. The number of nitrogens with one attached hydrogen (secondary N) is 1. The predicted molar refractivity (Wildman–Crippen MR) is 122 cm³/mol. The second-order valence-corrected chi connectivity index (χ2v) is 8.89. The number of nitrogens with zero attached hydrogens (tertiary/aromatic N) is 6. The number of carbonyl (C=O) groups is 1. The highest BCUT2D eigenvalue weighted by molar-refractivity contribution is 5.98. The summed E-state index contributed by atoms with van der Waals surface area (Å²) >= 11 is 0. The van der Waals surface area contributed by atoms with Crippen molar-refractivity contribution in [1.29, 1.82) is 0 Å². The number of imidazole rings is 1. The minimum absolute atomic E-state index is 0.0463. The van der Waals surface area contributed by atoms with Crippen molar-refractivity contribution in [2.75, 3.05) is 18.4 Å². The number of benzene rings is 2. The smallest absolute Gasteiger partial charge is 0.256 e. The van der Waals surface area contributed by atoms with Gasteiger partial charge in [-0.3, -0.25) is 4.79 Å². The molecule has 1 saturated heterocycles. The summed E-state index contributed by atoms with van der Waals surface area (Å²) in [6, 6.07) is 14.1. The molecule has 1 aliphatic carbocycles. The van der Waals surface area contributed by atoms with Crippen molar-refractivity contribution in [3.05, 3.63) is 66.0 Å². The van der Waals surface area contributed by atoms with Crippen LogP contribution in [0.5, 0.6) is 0 Å². The van der Waals surface area contributed by atoms with Gasteiger partial charge in [0.15, 0.2) is 0 Å². The van der Waals surface area contributed by atoms with Crippen LogP contribution in [0.15, 0.2) is 54.9 Å². The van der Waals surface area contributed by atoms with Crippen LogP contribution in [0.3, 0.4) is 0 Å². The summed E-state index contributed by atoms with van der Waals surface area (Å²) in [4.78, 5) is 22.0. The van der Waals surface area contributed by atoms with Crippen molar-refractivity contribution in [2.45, 2.75) is 19.4 Å². The number of aryl methyl sites for hydroxylation is 2. The quantitative estimate of drug-likeness (QED) is 0.530. The molecule has 3 heterocycles. The third-order valence-corrected chi connectivity index (χ3v) is 6.84. The fourth-order valence-electron chi connectivity index (χ4n) is 5.06. The molecule has 1 N–H and O–H groups in total. The van der Waals surface area contributed by atoms with Crippen LogP contribution < -0.4 is 5.32 Å². The molecule has 8 heteroatoms. The van der Waals surface area contributed by atoms with Gasteiger partial charge in [0, 0.05) is 20.1 Å². The first-order valence-electron chi connectivity index (χ1n) is 11.0. The number of piperidine rings is 1. The SMILES string of the molecule is Cc1ccc(-n2nccn2)c(C(=O)N2CC3CC3C2CNc2nc3ccccc3n2C)c1. The first-order valence-corrected chi connectivity index (χ1v) is 11.0. The van der Waals surface area contributed by atoms with Crippen molar-refractivity contribution in [3.63, 3.8) is 0 Å². The van der Waals surface area contributed by atoms with Gasteiger partial charge in [-0.05, 0) is 49.4 Å². The Morgan fingerprint density at radius 1 is 1.16 bits per heavy atom. The van der Waals surface area contributed by atoms with Crippen LogP contribution in [0.1, 0.15) is 22.3 Å². The van der Waals surface area contributed by atoms with Crippen LogP contribution in [0.2, 0.25) is 0 Å². The van der Waals surface area contributed by atoms with Crippen LogP contribution in [0, 0.1) is 18.8 Å². The zero-order valence-corrected chi connectivity index (χ0v) is 18.1. The molecule has 8 nitrogen and oxygen atoms in total. The number of hydrogen-bond donors (Lipinski definition) is 1. The normalized spacial score (nSPS) is 21.7. The zero-order valence-electron chi connectivity index (χ0n) is 18.1. The second kappa shape index (κ2) is 7.19. The van der Waals surface area contributed by atoms with Crippen molar-refractivity contribution in [2.24, 2.45) is 18.9 Å². The number of aromatic nitrogens is 5.